The molecular formula is C4H12O4. The second-order valence-electron chi connectivity index (χ2n) is 0.519. The zero-order valence-electron chi connectivity index (χ0n) is 5.25. The van der Waals surface area contributed by atoms with Crippen molar-refractivity contribution in [2.24, 2.45) is 0 Å². The van der Waals surface area contributed by atoms with E-state index >= 15 is 0 Å². The van der Waals surface area contributed by atoms with E-state index in [0.717, 1.165) is 21.1 Å². The van der Waals surface area contributed by atoms with Crippen LogP contribution in [0.1, 0.15) is 6.92 Å². The molecule has 0 fully saturated rings. The maximum Gasteiger partial charge on any atom is 0.300 e. The minimum atomic E-state index is -0.833. The predicted molar refractivity (Wildman–Crippen MR) is 29.6 cm³/mol. The summed E-state index contributed by atoms with van der Waals surface area (Å²) < 4.78 is 0. The number of carbonyl (C=O) groups is 1. The highest BCUT2D eigenvalue weighted by molar-refractivity contribution is 5.62. The van der Waals surface area contributed by atoms with Crippen molar-refractivity contribution < 1.29 is 20.1 Å². The predicted octanol–water partition coefficient (Wildman–Crippen LogP) is -0.692. The van der Waals surface area contributed by atoms with Crippen LogP contribution in [0.2, 0.25) is 0 Å². The van der Waals surface area contributed by atoms with Crippen molar-refractivity contribution in [2.75, 3.05) is 14.2 Å². The third-order valence-electron chi connectivity index (χ3n) is 0. The van der Waals surface area contributed by atoms with Gasteiger partial charge in [0.15, 0.2) is 0 Å². The lowest BCUT2D eigenvalue weighted by atomic mass is 10.9. The molecule has 0 spiro atoms. The standard InChI is InChI=1S/C2H4O2.2CH4O/c1-2(3)4;2*1-2/h1H3,(H,3,4);2*2H,1H3. The van der Waals surface area contributed by atoms with Crippen LogP contribution in [-0.2, 0) is 4.79 Å². The van der Waals surface area contributed by atoms with Crippen molar-refractivity contribution in [3.8, 4) is 0 Å². The van der Waals surface area contributed by atoms with Gasteiger partial charge in [0.2, 0.25) is 0 Å². The third kappa shape index (κ3) is 279. The Hall–Kier alpha value is -0.610. The smallest absolute Gasteiger partial charge is 0.300 e. The average molecular weight is 124 g/mol. The van der Waals surface area contributed by atoms with E-state index in [9.17, 15) is 0 Å². The molecular weight excluding hydrogens is 112 g/mol. The summed E-state index contributed by atoms with van der Waals surface area (Å²) in [5, 5.41) is 21.4. The van der Waals surface area contributed by atoms with Gasteiger partial charge in [-0.15, -0.1) is 0 Å². The van der Waals surface area contributed by atoms with Crippen LogP contribution in [0.5, 0.6) is 0 Å². The molecule has 4 nitrogen and oxygen atoms in total. The van der Waals surface area contributed by atoms with Gasteiger partial charge in [-0.25, -0.2) is 0 Å². The largest absolute Gasteiger partial charge is 0.481 e. The molecule has 4 heteroatoms. The molecule has 52 valence electrons. The van der Waals surface area contributed by atoms with Gasteiger partial charge < -0.3 is 15.3 Å². The summed E-state index contributed by atoms with van der Waals surface area (Å²) in [6, 6.07) is 0. The molecule has 0 aromatic rings. The van der Waals surface area contributed by atoms with Crippen molar-refractivity contribution in [3.05, 3.63) is 0 Å². The fourth-order valence-electron chi connectivity index (χ4n) is 0. The zero-order valence-corrected chi connectivity index (χ0v) is 5.25. The van der Waals surface area contributed by atoms with E-state index < -0.39 is 5.97 Å². The van der Waals surface area contributed by atoms with Crippen molar-refractivity contribution >= 4 is 5.97 Å². The number of carboxylic acid groups (broad SMARTS) is 1. The number of hydrogen-bond donors (Lipinski definition) is 3. The molecule has 0 atom stereocenters. The molecule has 0 saturated carbocycles. The first kappa shape index (κ1) is 15.7. The Morgan fingerprint density at radius 2 is 1.12 bits per heavy atom. The monoisotopic (exact) mass is 124 g/mol. The van der Waals surface area contributed by atoms with E-state index in [4.69, 9.17) is 20.1 Å². The van der Waals surface area contributed by atoms with Gasteiger partial charge in [-0.3, -0.25) is 4.79 Å². The first-order chi connectivity index (χ1) is 3.73. The lowest BCUT2D eigenvalue weighted by Gasteiger charge is -1.59. The highest BCUT2D eigenvalue weighted by Crippen LogP contribution is 1.42. The van der Waals surface area contributed by atoms with Crippen molar-refractivity contribution in [1.82, 2.24) is 0 Å². The molecule has 0 aliphatic rings. The van der Waals surface area contributed by atoms with E-state index in [0.29, 0.717) is 0 Å². The Kier molecular flexibility index (Phi) is 63.6. The quantitative estimate of drug-likeness (QED) is 0.399. The van der Waals surface area contributed by atoms with E-state index in [1.165, 1.54) is 0 Å². The Morgan fingerprint density at radius 3 is 1.12 bits per heavy atom. The van der Waals surface area contributed by atoms with Gasteiger partial charge in [0.1, 0.15) is 0 Å². The molecule has 0 aliphatic heterocycles. The summed E-state index contributed by atoms with van der Waals surface area (Å²) in [5.41, 5.74) is 0. The lowest BCUT2D eigenvalue weighted by molar-refractivity contribution is -0.134. The van der Waals surface area contributed by atoms with Crippen molar-refractivity contribution in [3.63, 3.8) is 0 Å². The van der Waals surface area contributed by atoms with Gasteiger partial charge in [0, 0.05) is 21.1 Å². The van der Waals surface area contributed by atoms with Crippen LogP contribution >= 0.6 is 0 Å². The second-order valence-corrected chi connectivity index (χ2v) is 0.519. The van der Waals surface area contributed by atoms with Gasteiger partial charge >= 0.3 is 0 Å². The summed E-state index contributed by atoms with van der Waals surface area (Å²) >= 11 is 0. The number of aliphatic hydroxyl groups is 2. The highest BCUT2D eigenvalue weighted by Gasteiger charge is 1.65. The normalized spacial score (nSPS) is 4.62. The van der Waals surface area contributed by atoms with E-state index in [1.807, 2.05) is 0 Å². The Morgan fingerprint density at radius 1 is 1.12 bits per heavy atom. The zero-order chi connectivity index (χ0) is 7.58. The maximum absolute atomic E-state index is 9.00. The van der Waals surface area contributed by atoms with E-state index in [-0.39, 0.29) is 0 Å². The van der Waals surface area contributed by atoms with Gasteiger partial charge in [0.05, 0.1) is 0 Å². The lowest BCUT2D eigenvalue weighted by Crippen LogP contribution is -1.78. The van der Waals surface area contributed by atoms with Gasteiger partial charge in [0.25, 0.3) is 5.97 Å². The van der Waals surface area contributed by atoms with Crippen molar-refractivity contribution in [2.45, 2.75) is 6.92 Å². The molecule has 0 aliphatic carbocycles. The summed E-state index contributed by atoms with van der Waals surface area (Å²) in [6.07, 6.45) is 0. The molecule has 0 amide bonds. The topological polar surface area (TPSA) is 77.8 Å². The fourth-order valence-corrected chi connectivity index (χ4v) is 0. The van der Waals surface area contributed by atoms with Crippen LogP contribution in [0.25, 0.3) is 0 Å². The molecule has 0 heterocycles. The minimum absolute atomic E-state index is 0.833. The van der Waals surface area contributed by atoms with Gasteiger partial charge in [-0.1, -0.05) is 0 Å². The minimum Gasteiger partial charge on any atom is -0.481 e. The molecule has 0 saturated heterocycles. The molecule has 0 rings (SSSR count). The number of aliphatic carboxylic acids is 1. The van der Waals surface area contributed by atoms with Gasteiger partial charge in [-0.2, -0.15) is 0 Å². The molecule has 8 heavy (non-hydrogen) atoms. The second kappa shape index (κ2) is 32.5. The molecule has 0 unspecified atom stereocenters. The first-order valence-corrected chi connectivity index (χ1v) is 1.82. The summed E-state index contributed by atoms with van der Waals surface area (Å²) in [6.45, 7) is 1.08. The number of aliphatic hydroxyl groups excluding tert-OH is 2. The number of rotatable bonds is 0. The summed E-state index contributed by atoms with van der Waals surface area (Å²) in [7, 11) is 2.00. The average Bonchev–Trinajstić information content (AvgIpc) is 1.75. The van der Waals surface area contributed by atoms with Crippen LogP contribution in [0.15, 0.2) is 0 Å². The maximum atomic E-state index is 9.00. The Balaban J connectivity index is -0.0000000542. The molecule has 0 radical (unpaired) electrons. The Bertz CT molecular complexity index is 31.0. The van der Waals surface area contributed by atoms with Crippen LogP contribution in [0, 0.1) is 0 Å². The first-order valence-electron chi connectivity index (χ1n) is 1.82. The summed E-state index contributed by atoms with van der Waals surface area (Å²) in [4.78, 5) is 9.00. The van der Waals surface area contributed by atoms with Crippen LogP contribution in [-0.4, -0.2) is 35.5 Å². The van der Waals surface area contributed by atoms with Crippen LogP contribution < -0.4 is 0 Å². The van der Waals surface area contributed by atoms with Crippen LogP contribution in [0.3, 0.4) is 0 Å². The number of carboxylic acids is 1. The third-order valence-corrected chi connectivity index (χ3v) is 0. The van der Waals surface area contributed by atoms with E-state index in [2.05, 4.69) is 0 Å². The molecule has 0 aromatic heterocycles. The fraction of sp³-hybridized carbons (Fsp3) is 0.750. The van der Waals surface area contributed by atoms with Crippen molar-refractivity contribution in [1.29, 1.82) is 0 Å². The summed E-state index contributed by atoms with van der Waals surface area (Å²) in [5.74, 6) is -0.833. The molecule has 0 aromatic carbocycles. The van der Waals surface area contributed by atoms with Gasteiger partial charge in [-0.05, 0) is 0 Å². The number of hydrogen-bond acceptors (Lipinski definition) is 3. The van der Waals surface area contributed by atoms with Crippen LogP contribution in [0.4, 0.5) is 0 Å². The molecule has 0 bridgehead atoms. The van der Waals surface area contributed by atoms with E-state index in [1.54, 1.807) is 0 Å². The SMILES string of the molecule is CC(=O)O.CO.CO. The molecule has 3 N–H and O–H groups in total. The Labute approximate surface area is 48.4 Å². The highest BCUT2D eigenvalue weighted by atomic mass is 16.4.